The van der Waals surface area contributed by atoms with Gasteiger partial charge in [0.2, 0.25) is 5.91 Å². The van der Waals surface area contributed by atoms with Crippen molar-refractivity contribution in [2.75, 3.05) is 18.5 Å². The van der Waals surface area contributed by atoms with Gasteiger partial charge in [0, 0.05) is 6.54 Å². The number of benzene rings is 4. The van der Waals surface area contributed by atoms with Gasteiger partial charge in [-0.2, -0.15) is 0 Å². The molecule has 0 radical (unpaired) electrons. The lowest BCUT2D eigenvalue weighted by Gasteiger charge is -2.41. The van der Waals surface area contributed by atoms with E-state index in [1.54, 1.807) is 24.3 Å². The molecule has 0 aliphatic carbocycles. The molecular weight excluding hydrogens is 468 g/mol. The maximum absolute atomic E-state index is 13.7. The Morgan fingerprint density at radius 1 is 0.730 bits per heavy atom. The van der Waals surface area contributed by atoms with E-state index in [0.29, 0.717) is 12.8 Å². The number of anilines is 1. The van der Waals surface area contributed by atoms with Gasteiger partial charge < -0.3 is 0 Å². The van der Waals surface area contributed by atoms with E-state index in [-0.39, 0.29) is 17.5 Å². The van der Waals surface area contributed by atoms with Crippen molar-refractivity contribution in [3.05, 3.63) is 126 Å². The number of halogens is 2. The van der Waals surface area contributed by atoms with Crippen molar-refractivity contribution in [2.24, 2.45) is 0 Å². The molecule has 4 nitrogen and oxygen atoms in total. The van der Waals surface area contributed by atoms with Gasteiger partial charge in [0.25, 0.3) is 0 Å². The summed E-state index contributed by atoms with van der Waals surface area (Å²) in [7, 11) is 0. The van der Waals surface area contributed by atoms with Crippen molar-refractivity contribution in [2.45, 2.75) is 24.8 Å². The summed E-state index contributed by atoms with van der Waals surface area (Å²) < 4.78 is 26.9. The van der Waals surface area contributed by atoms with Crippen LogP contribution in [0.3, 0.4) is 0 Å². The number of carbonyl (C=O) groups is 1. The van der Waals surface area contributed by atoms with Gasteiger partial charge in [0.15, 0.2) is 0 Å². The highest BCUT2D eigenvalue weighted by Gasteiger charge is 2.43. The van der Waals surface area contributed by atoms with Crippen LogP contribution < -0.4 is 10.9 Å². The molecule has 1 amide bonds. The van der Waals surface area contributed by atoms with Gasteiger partial charge in [-0.15, -0.1) is 0 Å². The molecule has 1 aliphatic heterocycles. The first-order valence-corrected chi connectivity index (χ1v) is 12.5. The van der Waals surface area contributed by atoms with Gasteiger partial charge >= 0.3 is 0 Å². The molecule has 5 rings (SSSR count). The number of nitrogens with zero attached hydrogens (tertiary/aromatic N) is 1. The highest BCUT2D eigenvalue weighted by Crippen LogP contribution is 2.36. The summed E-state index contributed by atoms with van der Waals surface area (Å²) in [6.45, 7) is 2.23. The average molecular weight is 498 g/mol. The van der Waals surface area contributed by atoms with E-state index in [4.69, 9.17) is 0 Å². The predicted octanol–water partition coefficient (Wildman–Crippen LogP) is 6.31. The molecule has 0 atom stereocenters. The van der Waals surface area contributed by atoms with Crippen LogP contribution in [-0.2, 0) is 16.8 Å². The monoisotopic (exact) mass is 497 g/mol. The Bertz CT molecular complexity index is 1320. The summed E-state index contributed by atoms with van der Waals surface area (Å²) in [4.78, 5) is 15.9. The third-order valence-electron chi connectivity index (χ3n) is 7.17. The minimum absolute atomic E-state index is 0.119. The third kappa shape index (κ3) is 5.70. The van der Waals surface area contributed by atoms with E-state index >= 15 is 0 Å². The fourth-order valence-corrected chi connectivity index (χ4v) is 4.98. The van der Waals surface area contributed by atoms with Gasteiger partial charge in [-0.25, -0.2) is 8.78 Å². The third-order valence-corrected chi connectivity index (χ3v) is 7.17. The number of amides is 1. The van der Waals surface area contributed by atoms with Crippen LogP contribution in [0.5, 0.6) is 0 Å². The minimum Gasteiger partial charge on any atom is -0.299 e. The van der Waals surface area contributed by atoms with Crippen LogP contribution in [0.4, 0.5) is 14.5 Å². The summed E-state index contributed by atoms with van der Waals surface area (Å²) >= 11 is 0. The molecule has 0 aromatic heterocycles. The fourth-order valence-electron chi connectivity index (χ4n) is 4.98. The lowest BCUT2D eigenvalue weighted by molar-refractivity contribution is -0.128. The molecule has 188 valence electrons. The molecule has 1 heterocycles. The van der Waals surface area contributed by atoms with Crippen molar-refractivity contribution in [1.82, 2.24) is 10.3 Å². The molecule has 4 aromatic rings. The second kappa shape index (κ2) is 10.9. The standard InChI is InChI=1S/C31H29F2N3O/c32-27-14-10-25(11-15-27)24-8-6-23(7-9-24)22-36-20-18-31(19-21-36,26-12-16-28(33)17-13-26)30(37)35-34-29-4-2-1-3-5-29/h1-17,34H,18-22H2,(H,35,37). The average Bonchev–Trinajstić information content (AvgIpc) is 2.94. The van der Waals surface area contributed by atoms with Crippen molar-refractivity contribution >= 4 is 11.6 Å². The Kier molecular flexibility index (Phi) is 7.28. The SMILES string of the molecule is O=C(NNc1ccccc1)C1(c2ccc(F)cc2)CCN(Cc2ccc(-c3ccc(F)cc3)cc2)CC1. The fraction of sp³-hybridized carbons (Fsp3) is 0.194. The van der Waals surface area contributed by atoms with Crippen LogP contribution in [0.25, 0.3) is 11.1 Å². The molecule has 0 saturated carbocycles. The Balaban J connectivity index is 1.27. The predicted molar refractivity (Wildman–Crippen MR) is 143 cm³/mol. The van der Waals surface area contributed by atoms with E-state index in [9.17, 15) is 13.6 Å². The molecule has 2 N–H and O–H groups in total. The summed E-state index contributed by atoms with van der Waals surface area (Å²) in [5, 5.41) is 0. The Labute approximate surface area is 215 Å². The Hall–Kier alpha value is -4.03. The van der Waals surface area contributed by atoms with Crippen molar-refractivity contribution in [3.63, 3.8) is 0 Å². The molecule has 0 spiro atoms. The van der Waals surface area contributed by atoms with E-state index in [0.717, 1.165) is 42.0 Å². The van der Waals surface area contributed by atoms with E-state index in [2.05, 4.69) is 40.0 Å². The zero-order valence-electron chi connectivity index (χ0n) is 20.5. The van der Waals surface area contributed by atoms with E-state index in [1.165, 1.54) is 29.8 Å². The summed E-state index contributed by atoms with van der Waals surface area (Å²) in [6, 6.07) is 30.6. The highest BCUT2D eigenvalue weighted by molar-refractivity contribution is 5.89. The lowest BCUT2D eigenvalue weighted by Crippen LogP contribution is -2.52. The zero-order valence-corrected chi connectivity index (χ0v) is 20.5. The molecule has 4 aromatic carbocycles. The smallest absolute Gasteiger partial charge is 0.249 e. The van der Waals surface area contributed by atoms with E-state index in [1.807, 2.05) is 30.3 Å². The first-order valence-electron chi connectivity index (χ1n) is 12.5. The molecular formula is C31H29F2N3O. The van der Waals surface area contributed by atoms with Crippen molar-refractivity contribution < 1.29 is 13.6 Å². The molecule has 1 fully saturated rings. The number of piperidine rings is 1. The van der Waals surface area contributed by atoms with Crippen molar-refractivity contribution in [3.8, 4) is 11.1 Å². The molecule has 6 heteroatoms. The number of para-hydroxylation sites is 1. The quantitative estimate of drug-likeness (QED) is 0.294. The number of likely N-dealkylation sites (tertiary alicyclic amines) is 1. The first kappa shape index (κ1) is 24.7. The molecule has 37 heavy (non-hydrogen) atoms. The maximum atomic E-state index is 13.7. The number of rotatable bonds is 7. The molecule has 0 unspecified atom stereocenters. The molecule has 1 aliphatic rings. The topological polar surface area (TPSA) is 44.4 Å². The largest absolute Gasteiger partial charge is 0.299 e. The summed E-state index contributed by atoms with van der Waals surface area (Å²) in [5.41, 5.74) is 9.97. The number of nitrogens with one attached hydrogen (secondary N) is 2. The minimum atomic E-state index is -0.752. The van der Waals surface area contributed by atoms with Gasteiger partial charge in [-0.05, 0) is 84.6 Å². The van der Waals surface area contributed by atoms with Crippen LogP contribution in [-0.4, -0.2) is 23.9 Å². The summed E-state index contributed by atoms with van der Waals surface area (Å²) in [6.07, 6.45) is 1.24. The second-order valence-electron chi connectivity index (χ2n) is 9.51. The Morgan fingerprint density at radius 3 is 1.86 bits per heavy atom. The van der Waals surface area contributed by atoms with Gasteiger partial charge in [-0.3, -0.25) is 20.5 Å². The van der Waals surface area contributed by atoms with Gasteiger partial charge in [0.1, 0.15) is 11.6 Å². The first-order chi connectivity index (χ1) is 18.0. The summed E-state index contributed by atoms with van der Waals surface area (Å²) in [5.74, 6) is -0.679. The van der Waals surface area contributed by atoms with Gasteiger partial charge in [-0.1, -0.05) is 66.7 Å². The Morgan fingerprint density at radius 2 is 1.27 bits per heavy atom. The van der Waals surface area contributed by atoms with Crippen LogP contribution in [0.2, 0.25) is 0 Å². The van der Waals surface area contributed by atoms with Gasteiger partial charge in [0.05, 0.1) is 11.1 Å². The number of carbonyl (C=O) groups excluding carboxylic acids is 1. The van der Waals surface area contributed by atoms with Crippen LogP contribution in [0.1, 0.15) is 24.0 Å². The van der Waals surface area contributed by atoms with Crippen LogP contribution >= 0.6 is 0 Å². The second-order valence-corrected chi connectivity index (χ2v) is 9.51. The van der Waals surface area contributed by atoms with Crippen molar-refractivity contribution in [1.29, 1.82) is 0 Å². The van der Waals surface area contributed by atoms with Crippen LogP contribution in [0.15, 0.2) is 103 Å². The number of hydrogen-bond acceptors (Lipinski definition) is 3. The highest BCUT2D eigenvalue weighted by atomic mass is 19.1. The lowest BCUT2D eigenvalue weighted by atomic mass is 9.72. The number of hydrogen-bond donors (Lipinski definition) is 2. The molecule has 0 bridgehead atoms. The molecule has 1 saturated heterocycles. The maximum Gasteiger partial charge on any atom is 0.249 e. The number of hydrazine groups is 1. The zero-order chi connectivity index (χ0) is 25.7. The normalized spacial score (nSPS) is 15.2. The van der Waals surface area contributed by atoms with E-state index < -0.39 is 5.41 Å². The van der Waals surface area contributed by atoms with Crippen LogP contribution in [0, 0.1) is 11.6 Å².